The number of ether oxygens (including phenoxy) is 1. The van der Waals surface area contributed by atoms with Gasteiger partial charge < -0.3 is 10.1 Å². The Morgan fingerprint density at radius 2 is 2.03 bits per heavy atom. The molecule has 32 heavy (non-hydrogen) atoms. The van der Waals surface area contributed by atoms with Gasteiger partial charge in [0.25, 0.3) is 0 Å². The van der Waals surface area contributed by atoms with Gasteiger partial charge in [0.05, 0.1) is 28.5 Å². The normalized spacial score (nSPS) is 10.8. The van der Waals surface area contributed by atoms with Gasteiger partial charge in [-0.05, 0) is 37.6 Å². The van der Waals surface area contributed by atoms with Crippen molar-refractivity contribution >= 4 is 63.2 Å². The lowest BCUT2D eigenvalue weighted by Crippen LogP contribution is -2.16. The molecule has 0 aliphatic rings. The Balaban J connectivity index is 1.77. The van der Waals surface area contributed by atoms with Crippen LogP contribution in [0.15, 0.2) is 36.0 Å². The van der Waals surface area contributed by atoms with E-state index >= 15 is 0 Å². The number of hydrogen-bond acceptors (Lipinski definition) is 7. The number of anilines is 1. The number of halogens is 2. The molecule has 0 unspecified atom stereocenters. The van der Waals surface area contributed by atoms with E-state index in [1.54, 1.807) is 24.3 Å². The highest BCUT2D eigenvalue weighted by Gasteiger charge is 2.22. The summed E-state index contributed by atoms with van der Waals surface area (Å²) in [6.07, 6.45) is 1.72. The maximum atomic E-state index is 12.6. The fourth-order valence-corrected chi connectivity index (χ4v) is 5.00. The summed E-state index contributed by atoms with van der Waals surface area (Å²) in [5.74, 6) is -0.0888. The maximum absolute atomic E-state index is 12.6. The van der Waals surface area contributed by atoms with Crippen molar-refractivity contribution in [3.05, 3.63) is 56.9 Å². The number of nitrogens with zero attached hydrogens (tertiary/aromatic N) is 3. The first-order valence-electron chi connectivity index (χ1n) is 9.37. The van der Waals surface area contributed by atoms with Crippen LogP contribution < -0.4 is 5.32 Å². The average molecular weight is 511 g/mol. The molecule has 0 fully saturated rings. The fraction of sp³-hybridized carbons (Fsp3) is 0.238. The number of benzene rings is 1. The summed E-state index contributed by atoms with van der Waals surface area (Å²) in [6, 6.07) is 5.20. The predicted octanol–water partition coefficient (Wildman–Crippen LogP) is 5.63. The Labute approximate surface area is 203 Å². The van der Waals surface area contributed by atoms with Gasteiger partial charge in [0.2, 0.25) is 5.91 Å². The van der Waals surface area contributed by atoms with Crippen LogP contribution in [0.3, 0.4) is 0 Å². The molecule has 1 amide bonds. The standard InChI is InChI=1S/C21H20Cl2N4O3S2/c1-5-8-27-18(13-6-7-14(22)15(23)9-13)25-26-21(27)31-10-16(28)24-19-17(20(29)30-4)11(2)12(3)32-19/h5-7,9H,1,8,10H2,2-4H3,(H,24,28). The largest absolute Gasteiger partial charge is 0.465 e. The van der Waals surface area contributed by atoms with E-state index in [2.05, 4.69) is 22.1 Å². The highest BCUT2D eigenvalue weighted by molar-refractivity contribution is 7.99. The number of esters is 1. The molecule has 0 saturated carbocycles. The number of allylic oxidation sites excluding steroid dienone is 1. The van der Waals surface area contributed by atoms with Crippen LogP contribution >= 0.6 is 46.3 Å². The van der Waals surface area contributed by atoms with Gasteiger partial charge in [-0.15, -0.1) is 28.1 Å². The number of rotatable bonds is 8. The molecule has 0 atom stereocenters. The molecule has 168 valence electrons. The minimum Gasteiger partial charge on any atom is -0.465 e. The molecule has 3 rings (SSSR count). The van der Waals surface area contributed by atoms with Crippen molar-refractivity contribution in [1.29, 1.82) is 0 Å². The number of aromatic nitrogens is 3. The van der Waals surface area contributed by atoms with E-state index in [1.165, 1.54) is 30.2 Å². The van der Waals surface area contributed by atoms with E-state index in [1.807, 2.05) is 18.4 Å². The van der Waals surface area contributed by atoms with Crippen molar-refractivity contribution in [2.24, 2.45) is 0 Å². The zero-order chi connectivity index (χ0) is 23.4. The van der Waals surface area contributed by atoms with Crippen molar-refractivity contribution in [3.63, 3.8) is 0 Å². The highest BCUT2D eigenvalue weighted by Crippen LogP contribution is 2.33. The number of amides is 1. The van der Waals surface area contributed by atoms with Crippen LogP contribution in [-0.2, 0) is 16.1 Å². The Bertz CT molecular complexity index is 1190. The van der Waals surface area contributed by atoms with E-state index in [9.17, 15) is 9.59 Å². The van der Waals surface area contributed by atoms with E-state index in [4.69, 9.17) is 27.9 Å². The quantitative estimate of drug-likeness (QED) is 0.240. The third-order valence-electron chi connectivity index (χ3n) is 4.57. The minimum absolute atomic E-state index is 0.0766. The lowest BCUT2D eigenvalue weighted by molar-refractivity contribution is -0.113. The summed E-state index contributed by atoms with van der Waals surface area (Å²) in [4.78, 5) is 25.7. The molecule has 0 spiro atoms. The van der Waals surface area contributed by atoms with Gasteiger partial charge in [0.15, 0.2) is 11.0 Å². The lowest BCUT2D eigenvalue weighted by Gasteiger charge is -2.09. The van der Waals surface area contributed by atoms with Crippen LogP contribution in [0, 0.1) is 13.8 Å². The second-order valence-corrected chi connectivity index (χ2v) is 9.63. The number of carbonyl (C=O) groups excluding carboxylic acids is 2. The number of carbonyl (C=O) groups is 2. The van der Waals surface area contributed by atoms with Gasteiger partial charge in [-0.3, -0.25) is 9.36 Å². The minimum atomic E-state index is -0.480. The maximum Gasteiger partial charge on any atom is 0.341 e. The van der Waals surface area contributed by atoms with Gasteiger partial charge in [-0.2, -0.15) is 0 Å². The number of hydrogen-bond donors (Lipinski definition) is 1. The Morgan fingerprint density at radius 1 is 1.28 bits per heavy atom. The van der Waals surface area contributed by atoms with Gasteiger partial charge in [0.1, 0.15) is 5.00 Å². The van der Waals surface area contributed by atoms with Crippen molar-refractivity contribution in [2.45, 2.75) is 25.5 Å². The van der Waals surface area contributed by atoms with Crippen LogP contribution in [0.1, 0.15) is 20.8 Å². The van der Waals surface area contributed by atoms with Crippen LogP contribution in [0.5, 0.6) is 0 Å². The number of aryl methyl sites for hydroxylation is 1. The summed E-state index contributed by atoms with van der Waals surface area (Å²) < 4.78 is 6.68. The third-order valence-corrected chi connectivity index (χ3v) is 7.39. The molecule has 3 aromatic rings. The molecule has 11 heteroatoms. The van der Waals surface area contributed by atoms with E-state index in [0.717, 1.165) is 16.0 Å². The van der Waals surface area contributed by atoms with E-state index < -0.39 is 5.97 Å². The molecular formula is C21H20Cl2N4O3S2. The van der Waals surface area contributed by atoms with Gasteiger partial charge in [-0.25, -0.2) is 4.79 Å². The summed E-state index contributed by atoms with van der Waals surface area (Å²) in [5, 5.41) is 13.2. The summed E-state index contributed by atoms with van der Waals surface area (Å²) >= 11 is 14.7. The van der Waals surface area contributed by atoms with Crippen LogP contribution in [0.25, 0.3) is 11.4 Å². The Morgan fingerprint density at radius 3 is 2.69 bits per heavy atom. The van der Waals surface area contributed by atoms with Crippen LogP contribution in [0.2, 0.25) is 10.0 Å². The smallest absolute Gasteiger partial charge is 0.341 e. The molecule has 0 saturated heterocycles. The van der Waals surface area contributed by atoms with E-state index in [-0.39, 0.29) is 11.7 Å². The molecule has 1 N–H and O–H groups in total. The molecule has 0 bridgehead atoms. The zero-order valence-corrected chi connectivity index (χ0v) is 20.7. The monoisotopic (exact) mass is 510 g/mol. The molecule has 2 heterocycles. The Kier molecular flexibility index (Phi) is 8.00. The topological polar surface area (TPSA) is 86.1 Å². The zero-order valence-electron chi connectivity index (χ0n) is 17.6. The number of thioether (sulfide) groups is 1. The van der Waals surface area contributed by atoms with Crippen molar-refractivity contribution in [3.8, 4) is 11.4 Å². The van der Waals surface area contributed by atoms with Gasteiger partial charge in [0, 0.05) is 17.0 Å². The van der Waals surface area contributed by atoms with Crippen molar-refractivity contribution in [1.82, 2.24) is 14.8 Å². The van der Waals surface area contributed by atoms with Crippen molar-refractivity contribution in [2.75, 3.05) is 18.2 Å². The second-order valence-electron chi connectivity index (χ2n) is 6.65. The highest BCUT2D eigenvalue weighted by atomic mass is 35.5. The first kappa shape index (κ1) is 24.3. The molecule has 0 aliphatic heterocycles. The molecule has 7 nitrogen and oxygen atoms in total. The second kappa shape index (κ2) is 10.5. The number of nitrogens with one attached hydrogen (secondary N) is 1. The number of thiophene rings is 1. The molecule has 0 radical (unpaired) electrons. The lowest BCUT2D eigenvalue weighted by atomic mass is 10.1. The first-order valence-corrected chi connectivity index (χ1v) is 11.9. The first-order chi connectivity index (χ1) is 15.3. The van der Waals surface area contributed by atoms with Crippen LogP contribution in [-0.4, -0.2) is 39.5 Å². The Hall–Kier alpha value is -2.33. The third kappa shape index (κ3) is 5.17. The fourth-order valence-electron chi connectivity index (χ4n) is 2.89. The van der Waals surface area contributed by atoms with Gasteiger partial charge in [-0.1, -0.05) is 41.0 Å². The molecule has 1 aromatic carbocycles. The summed E-state index contributed by atoms with van der Waals surface area (Å²) in [7, 11) is 1.31. The predicted molar refractivity (Wildman–Crippen MR) is 130 cm³/mol. The SMILES string of the molecule is C=CCn1c(SCC(=O)Nc2sc(C)c(C)c2C(=O)OC)nnc1-c1ccc(Cl)c(Cl)c1. The van der Waals surface area contributed by atoms with Crippen molar-refractivity contribution < 1.29 is 14.3 Å². The molecule has 2 aromatic heterocycles. The van der Waals surface area contributed by atoms with Crippen LogP contribution in [0.4, 0.5) is 5.00 Å². The van der Waals surface area contributed by atoms with Gasteiger partial charge >= 0.3 is 5.97 Å². The average Bonchev–Trinajstić information content (AvgIpc) is 3.28. The summed E-state index contributed by atoms with van der Waals surface area (Å²) in [6.45, 7) is 7.94. The summed E-state index contributed by atoms with van der Waals surface area (Å²) in [5.41, 5.74) is 1.92. The number of methoxy groups -OCH3 is 1. The van der Waals surface area contributed by atoms with E-state index in [0.29, 0.717) is 38.1 Å². The molecular weight excluding hydrogens is 491 g/mol. The molecule has 0 aliphatic carbocycles.